The van der Waals surface area contributed by atoms with Crippen LogP contribution in [0.4, 0.5) is 4.79 Å². The molecule has 0 atom stereocenters. The third kappa shape index (κ3) is 4.91. The Kier molecular flexibility index (Phi) is 4.57. The smallest absolute Gasteiger partial charge is 0.315 e. The van der Waals surface area contributed by atoms with Crippen LogP contribution in [0.25, 0.3) is 11.5 Å². The second-order valence-electron chi connectivity index (χ2n) is 5.75. The molecule has 0 aliphatic heterocycles. The molecule has 6 nitrogen and oxygen atoms in total. The van der Waals surface area contributed by atoms with Crippen LogP contribution in [0.3, 0.4) is 0 Å². The summed E-state index contributed by atoms with van der Waals surface area (Å²) in [7, 11) is 0. The molecule has 2 aromatic rings. The van der Waals surface area contributed by atoms with Crippen molar-refractivity contribution in [3.05, 3.63) is 36.2 Å². The van der Waals surface area contributed by atoms with Crippen LogP contribution in [0.1, 0.15) is 26.7 Å². The summed E-state index contributed by atoms with van der Waals surface area (Å²) in [4.78, 5) is 11.6. The van der Waals surface area contributed by atoms with E-state index in [4.69, 9.17) is 4.42 Å². The lowest BCUT2D eigenvalue weighted by Gasteiger charge is -2.20. The number of carbonyl (C=O) groups is 1. The predicted octanol–water partition coefficient (Wildman–Crippen LogP) is 2.38. The van der Waals surface area contributed by atoms with Gasteiger partial charge in [-0.1, -0.05) is 18.2 Å². The van der Waals surface area contributed by atoms with Crippen molar-refractivity contribution in [2.75, 3.05) is 6.54 Å². The minimum atomic E-state index is -0.255. The van der Waals surface area contributed by atoms with E-state index < -0.39 is 0 Å². The molecule has 0 saturated carbocycles. The third-order valence-corrected chi connectivity index (χ3v) is 2.60. The average molecular weight is 288 g/mol. The van der Waals surface area contributed by atoms with Crippen molar-refractivity contribution in [3.8, 4) is 11.5 Å². The zero-order valence-electron chi connectivity index (χ0n) is 12.5. The molecule has 0 unspecified atom stereocenters. The number of amides is 2. The zero-order valence-corrected chi connectivity index (χ0v) is 12.5. The van der Waals surface area contributed by atoms with Gasteiger partial charge >= 0.3 is 6.03 Å². The van der Waals surface area contributed by atoms with Crippen LogP contribution in [0.5, 0.6) is 0 Å². The standard InChI is InChI=1S/C15H20N4O2/c1-15(2,3)17-14(20)16-10-9-12-18-19-13(21-12)11-7-5-4-6-8-11/h4-8H,9-10H2,1-3H3,(H2,16,17,20). The second-order valence-corrected chi connectivity index (χ2v) is 5.75. The number of benzene rings is 1. The highest BCUT2D eigenvalue weighted by Gasteiger charge is 2.13. The van der Waals surface area contributed by atoms with Crippen LogP contribution in [-0.4, -0.2) is 28.3 Å². The van der Waals surface area contributed by atoms with Gasteiger partial charge in [0.1, 0.15) is 0 Å². The zero-order chi connectivity index (χ0) is 15.3. The van der Waals surface area contributed by atoms with E-state index in [0.29, 0.717) is 24.7 Å². The number of hydrogen-bond donors (Lipinski definition) is 2. The van der Waals surface area contributed by atoms with Crippen molar-refractivity contribution < 1.29 is 9.21 Å². The van der Waals surface area contributed by atoms with Crippen LogP contribution in [0, 0.1) is 0 Å². The van der Waals surface area contributed by atoms with Crippen LogP contribution in [0.15, 0.2) is 34.7 Å². The number of carbonyl (C=O) groups excluding carboxylic acids is 1. The Morgan fingerprint density at radius 1 is 1.19 bits per heavy atom. The Balaban J connectivity index is 1.83. The fraction of sp³-hybridized carbons (Fsp3) is 0.400. The van der Waals surface area contributed by atoms with Gasteiger partial charge < -0.3 is 15.1 Å². The summed E-state index contributed by atoms with van der Waals surface area (Å²) >= 11 is 0. The predicted molar refractivity (Wildman–Crippen MR) is 79.7 cm³/mol. The highest BCUT2D eigenvalue weighted by molar-refractivity contribution is 5.74. The molecular weight excluding hydrogens is 268 g/mol. The van der Waals surface area contributed by atoms with Crippen molar-refractivity contribution >= 4 is 6.03 Å². The van der Waals surface area contributed by atoms with E-state index in [-0.39, 0.29) is 11.6 Å². The minimum absolute atomic E-state index is 0.203. The molecular formula is C15H20N4O2. The fourth-order valence-corrected chi connectivity index (χ4v) is 1.72. The molecule has 0 fully saturated rings. The first-order valence-corrected chi connectivity index (χ1v) is 6.88. The molecule has 0 saturated heterocycles. The molecule has 2 amide bonds. The summed E-state index contributed by atoms with van der Waals surface area (Å²) in [5, 5.41) is 13.6. The van der Waals surface area contributed by atoms with E-state index in [2.05, 4.69) is 20.8 Å². The first-order valence-electron chi connectivity index (χ1n) is 6.88. The number of nitrogens with one attached hydrogen (secondary N) is 2. The summed E-state index contributed by atoms with van der Waals surface area (Å²) in [6, 6.07) is 9.37. The van der Waals surface area contributed by atoms with Gasteiger partial charge in [0.05, 0.1) is 0 Å². The van der Waals surface area contributed by atoms with Gasteiger partial charge in [-0.3, -0.25) is 0 Å². The molecule has 0 radical (unpaired) electrons. The monoisotopic (exact) mass is 288 g/mol. The summed E-state index contributed by atoms with van der Waals surface area (Å²) in [5.74, 6) is 0.995. The van der Waals surface area contributed by atoms with E-state index in [9.17, 15) is 4.79 Å². The Hall–Kier alpha value is -2.37. The van der Waals surface area contributed by atoms with Crippen molar-refractivity contribution in [1.29, 1.82) is 0 Å². The number of urea groups is 1. The SMILES string of the molecule is CC(C)(C)NC(=O)NCCc1nnc(-c2ccccc2)o1. The topological polar surface area (TPSA) is 80.0 Å². The highest BCUT2D eigenvalue weighted by atomic mass is 16.4. The van der Waals surface area contributed by atoms with Crippen molar-refractivity contribution in [2.24, 2.45) is 0 Å². The molecule has 1 aromatic carbocycles. The lowest BCUT2D eigenvalue weighted by atomic mass is 10.1. The lowest BCUT2D eigenvalue weighted by Crippen LogP contribution is -2.46. The molecule has 0 spiro atoms. The van der Waals surface area contributed by atoms with Gasteiger partial charge in [0.15, 0.2) is 0 Å². The molecule has 6 heteroatoms. The lowest BCUT2D eigenvalue weighted by molar-refractivity contribution is 0.232. The van der Waals surface area contributed by atoms with Crippen molar-refractivity contribution in [3.63, 3.8) is 0 Å². The maximum absolute atomic E-state index is 11.6. The van der Waals surface area contributed by atoms with Crippen LogP contribution in [-0.2, 0) is 6.42 Å². The largest absolute Gasteiger partial charge is 0.421 e. The Bertz CT molecular complexity index is 587. The molecule has 1 aromatic heterocycles. The maximum Gasteiger partial charge on any atom is 0.315 e. The number of rotatable bonds is 4. The summed E-state index contributed by atoms with van der Waals surface area (Å²) in [6.07, 6.45) is 0.497. The van der Waals surface area contributed by atoms with E-state index >= 15 is 0 Å². The fourth-order valence-electron chi connectivity index (χ4n) is 1.72. The summed E-state index contributed by atoms with van der Waals surface area (Å²) in [6.45, 7) is 6.22. The van der Waals surface area contributed by atoms with Gasteiger partial charge in [-0.05, 0) is 32.9 Å². The molecule has 0 aliphatic carbocycles. The van der Waals surface area contributed by atoms with Crippen molar-refractivity contribution in [2.45, 2.75) is 32.7 Å². The summed E-state index contributed by atoms with van der Waals surface area (Å²) in [5.41, 5.74) is 0.629. The Morgan fingerprint density at radius 2 is 1.90 bits per heavy atom. The van der Waals surface area contributed by atoms with Crippen LogP contribution >= 0.6 is 0 Å². The van der Waals surface area contributed by atoms with Gasteiger partial charge in [-0.2, -0.15) is 0 Å². The first kappa shape index (κ1) is 15.0. The van der Waals surface area contributed by atoms with Gasteiger partial charge in [-0.15, -0.1) is 10.2 Å². The quantitative estimate of drug-likeness (QED) is 0.905. The number of aromatic nitrogens is 2. The van der Waals surface area contributed by atoms with Gasteiger partial charge in [0.2, 0.25) is 11.8 Å². The van der Waals surface area contributed by atoms with Gasteiger partial charge in [-0.25, -0.2) is 4.79 Å². The van der Waals surface area contributed by atoms with Crippen molar-refractivity contribution in [1.82, 2.24) is 20.8 Å². The molecule has 2 rings (SSSR count). The Labute approximate surface area is 124 Å². The third-order valence-electron chi connectivity index (χ3n) is 2.60. The molecule has 0 bridgehead atoms. The Morgan fingerprint density at radius 3 is 2.57 bits per heavy atom. The highest BCUT2D eigenvalue weighted by Crippen LogP contribution is 2.16. The second kappa shape index (κ2) is 6.39. The molecule has 112 valence electrons. The maximum atomic E-state index is 11.6. The van der Waals surface area contributed by atoms with E-state index in [1.807, 2.05) is 51.1 Å². The normalized spacial score (nSPS) is 11.2. The number of hydrogen-bond acceptors (Lipinski definition) is 4. The molecule has 1 heterocycles. The van der Waals surface area contributed by atoms with E-state index in [1.165, 1.54) is 0 Å². The van der Waals surface area contributed by atoms with Crippen LogP contribution in [0.2, 0.25) is 0 Å². The number of nitrogens with zero attached hydrogens (tertiary/aromatic N) is 2. The van der Waals surface area contributed by atoms with E-state index in [1.54, 1.807) is 0 Å². The first-order chi connectivity index (χ1) is 9.94. The van der Waals surface area contributed by atoms with Gasteiger partial charge in [0, 0.05) is 24.1 Å². The van der Waals surface area contributed by atoms with E-state index in [0.717, 1.165) is 5.56 Å². The van der Waals surface area contributed by atoms with Crippen LogP contribution < -0.4 is 10.6 Å². The molecule has 2 N–H and O–H groups in total. The molecule has 0 aliphatic rings. The van der Waals surface area contributed by atoms with Gasteiger partial charge in [0.25, 0.3) is 0 Å². The average Bonchev–Trinajstić information content (AvgIpc) is 2.86. The minimum Gasteiger partial charge on any atom is -0.421 e. The summed E-state index contributed by atoms with van der Waals surface area (Å²) < 4.78 is 5.56. The molecule has 21 heavy (non-hydrogen) atoms.